The maximum Gasteiger partial charge on any atom is 0.290 e. The highest BCUT2D eigenvalue weighted by Gasteiger charge is 2.24. The Morgan fingerprint density at radius 1 is 1.08 bits per heavy atom. The van der Waals surface area contributed by atoms with E-state index in [1.165, 1.54) is 0 Å². The van der Waals surface area contributed by atoms with Crippen molar-refractivity contribution in [3.63, 3.8) is 0 Å². The summed E-state index contributed by atoms with van der Waals surface area (Å²) in [5.74, 6) is 0.358. The summed E-state index contributed by atoms with van der Waals surface area (Å²) in [6, 6.07) is 13.3. The molecule has 2 aromatic heterocycles. The number of pyridine rings is 1. The second-order valence-electron chi connectivity index (χ2n) is 5.65. The third kappa shape index (κ3) is 2.66. The SMILES string of the molecule is O=C(c1nc(-c2ccc(Cl)cc2)c2ccccn12)N1CCOCC1. The van der Waals surface area contributed by atoms with E-state index in [4.69, 9.17) is 16.3 Å². The molecule has 0 unspecified atom stereocenters. The molecule has 1 saturated heterocycles. The van der Waals surface area contributed by atoms with Crippen molar-refractivity contribution < 1.29 is 9.53 Å². The van der Waals surface area contributed by atoms with Gasteiger partial charge < -0.3 is 9.64 Å². The number of amides is 1. The third-order valence-corrected chi connectivity index (χ3v) is 4.41. The predicted molar refractivity (Wildman–Crippen MR) is 92.4 cm³/mol. The van der Waals surface area contributed by atoms with Crippen molar-refractivity contribution in [2.45, 2.75) is 0 Å². The van der Waals surface area contributed by atoms with Crippen LogP contribution in [-0.4, -0.2) is 46.5 Å². The van der Waals surface area contributed by atoms with Gasteiger partial charge in [-0.1, -0.05) is 29.8 Å². The van der Waals surface area contributed by atoms with Crippen LogP contribution in [0.2, 0.25) is 5.02 Å². The Kier molecular flexibility index (Phi) is 3.96. The van der Waals surface area contributed by atoms with Crippen molar-refractivity contribution in [3.05, 3.63) is 59.5 Å². The van der Waals surface area contributed by atoms with E-state index in [0.717, 1.165) is 16.8 Å². The first-order valence-electron chi connectivity index (χ1n) is 7.84. The summed E-state index contributed by atoms with van der Waals surface area (Å²) in [5.41, 5.74) is 2.62. The van der Waals surface area contributed by atoms with Crippen molar-refractivity contribution in [2.75, 3.05) is 26.3 Å². The zero-order valence-corrected chi connectivity index (χ0v) is 13.7. The van der Waals surface area contributed by atoms with Crippen LogP contribution in [0.4, 0.5) is 0 Å². The summed E-state index contributed by atoms with van der Waals surface area (Å²) >= 11 is 5.98. The summed E-state index contributed by atoms with van der Waals surface area (Å²) in [5, 5.41) is 0.673. The normalized spacial score (nSPS) is 15.0. The minimum absolute atomic E-state index is 0.0697. The molecule has 3 heterocycles. The molecule has 6 heteroatoms. The van der Waals surface area contributed by atoms with Gasteiger partial charge in [0.15, 0.2) is 0 Å². The van der Waals surface area contributed by atoms with E-state index in [2.05, 4.69) is 4.98 Å². The molecule has 0 N–H and O–H groups in total. The topological polar surface area (TPSA) is 46.8 Å². The molecule has 0 aliphatic carbocycles. The smallest absolute Gasteiger partial charge is 0.290 e. The summed E-state index contributed by atoms with van der Waals surface area (Å²) in [7, 11) is 0. The number of aromatic nitrogens is 2. The number of ether oxygens (including phenoxy) is 1. The minimum Gasteiger partial charge on any atom is -0.378 e. The molecular formula is C18H16ClN3O2. The highest BCUT2D eigenvalue weighted by Crippen LogP contribution is 2.26. The number of halogens is 1. The first kappa shape index (κ1) is 15.2. The fourth-order valence-corrected chi connectivity index (χ4v) is 3.04. The lowest BCUT2D eigenvalue weighted by Crippen LogP contribution is -2.41. The summed E-state index contributed by atoms with van der Waals surface area (Å²) in [6.45, 7) is 2.33. The van der Waals surface area contributed by atoms with Gasteiger partial charge in [-0.2, -0.15) is 0 Å². The highest BCUT2D eigenvalue weighted by atomic mass is 35.5. The zero-order chi connectivity index (χ0) is 16.5. The van der Waals surface area contributed by atoms with Crippen LogP contribution < -0.4 is 0 Å². The lowest BCUT2D eigenvalue weighted by Gasteiger charge is -2.26. The fraction of sp³-hybridized carbons (Fsp3) is 0.222. The monoisotopic (exact) mass is 341 g/mol. The molecule has 0 radical (unpaired) electrons. The Morgan fingerprint density at radius 3 is 2.58 bits per heavy atom. The number of hydrogen-bond donors (Lipinski definition) is 0. The number of carbonyl (C=O) groups is 1. The van der Waals surface area contributed by atoms with Gasteiger partial charge in [0.05, 0.1) is 24.4 Å². The van der Waals surface area contributed by atoms with Crippen molar-refractivity contribution in [1.82, 2.24) is 14.3 Å². The van der Waals surface area contributed by atoms with E-state index in [1.807, 2.05) is 53.1 Å². The third-order valence-electron chi connectivity index (χ3n) is 4.16. The van der Waals surface area contributed by atoms with Crippen LogP contribution in [0.3, 0.4) is 0 Å². The number of carbonyl (C=O) groups excluding carboxylic acids is 1. The molecular weight excluding hydrogens is 326 g/mol. The second-order valence-corrected chi connectivity index (χ2v) is 6.09. The molecule has 0 saturated carbocycles. The van der Waals surface area contributed by atoms with Gasteiger partial charge in [-0.25, -0.2) is 4.98 Å². The number of imidazole rings is 1. The van der Waals surface area contributed by atoms with Gasteiger partial charge in [-0.15, -0.1) is 0 Å². The van der Waals surface area contributed by atoms with Gasteiger partial charge in [0.25, 0.3) is 5.91 Å². The van der Waals surface area contributed by atoms with E-state index in [-0.39, 0.29) is 5.91 Å². The van der Waals surface area contributed by atoms with Crippen molar-refractivity contribution >= 4 is 23.0 Å². The van der Waals surface area contributed by atoms with E-state index >= 15 is 0 Å². The molecule has 0 atom stereocenters. The Balaban J connectivity index is 1.82. The van der Waals surface area contributed by atoms with Gasteiger partial charge in [0.1, 0.15) is 0 Å². The van der Waals surface area contributed by atoms with Crippen LogP contribution in [0.25, 0.3) is 16.8 Å². The maximum absolute atomic E-state index is 12.9. The average Bonchev–Trinajstić information content (AvgIpc) is 3.02. The van der Waals surface area contributed by atoms with Crippen LogP contribution in [0.1, 0.15) is 10.6 Å². The van der Waals surface area contributed by atoms with Crippen molar-refractivity contribution in [3.8, 4) is 11.3 Å². The summed E-state index contributed by atoms with van der Waals surface area (Å²) in [4.78, 5) is 19.3. The van der Waals surface area contributed by atoms with Gasteiger partial charge in [-0.05, 0) is 24.3 Å². The molecule has 0 spiro atoms. The fourth-order valence-electron chi connectivity index (χ4n) is 2.92. The van der Waals surface area contributed by atoms with Gasteiger partial charge >= 0.3 is 0 Å². The lowest BCUT2D eigenvalue weighted by atomic mass is 10.1. The summed E-state index contributed by atoms with van der Waals surface area (Å²) in [6.07, 6.45) is 1.87. The molecule has 3 aromatic rings. The molecule has 122 valence electrons. The van der Waals surface area contributed by atoms with Crippen LogP contribution in [0.5, 0.6) is 0 Å². The standard InChI is InChI=1S/C18H16ClN3O2/c19-14-6-4-13(5-7-14)16-15-3-1-2-8-22(15)17(20-16)18(23)21-9-11-24-12-10-21/h1-8H,9-12H2. The summed E-state index contributed by atoms with van der Waals surface area (Å²) < 4.78 is 7.17. The molecule has 0 bridgehead atoms. The highest BCUT2D eigenvalue weighted by molar-refractivity contribution is 6.30. The molecule has 1 amide bonds. The van der Waals surface area contributed by atoms with Crippen LogP contribution in [-0.2, 0) is 4.74 Å². The van der Waals surface area contributed by atoms with E-state index in [0.29, 0.717) is 37.2 Å². The Labute approximate surface area is 144 Å². The molecule has 5 nitrogen and oxygen atoms in total. The van der Waals surface area contributed by atoms with E-state index < -0.39 is 0 Å². The number of nitrogens with zero attached hydrogens (tertiary/aromatic N) is 3. The molecule has 24 heavy (non-hydrogen) atoms. The predicted octanol–water partition coefficient (Wildman–Crippen LogP) is 3.13. The average molecular weight is 342 g/mol. The van der Waals surface area contributed by atoms with Gasteiger partial charge in [0, 0.05) is 29.9 Å². The van der Waals surface area contributed by atoms with Crippen LogP contribution >= 0.6 is 11.6 Å². The maximum atomic E-state index is 12.9. The molecule has 1 aliphatic rings. The quantitative estimate of drug-likeness (QED) is 0.719. The Hall–Kier alpha value is -2.37. The number of fused-ring (bicyclic) bond motifs is 1. The van der Waals surface area contributed by atoms with Gasteiger partial charge in [-0.3, -0.25) is 9.20 Å². The minimum atomic E-state index is -0.0697. The molecule has 1 fully saturated rings. The number of morpholine rings is 1. The first-order chi connectivity index (χ1) is 11.7. The largest absolute Gasteiger partial charge is 0.378 e. The number of hydrogen-bond acceptors (Lipinski definition) is 3. The Morgan fingerprint density at radius 2 is 1.83 bits per heavy atom. The van der Waals surface area contributed by atoms with Crippen molar-refractivity contribution in [1.29, 1.82) is 0 Å². The van der Waals surface area contributed by atoms with Crippen LogP contribution in [0.15, 0.2) is 48.7 Å². The molecule has 4 rings (SSSR count). The first-order valence-corrected chi connectivity index (χ1v) is 8.22. The number of rotatable bonds is 2. The van der Waals surface area contributed by atoms with Gasteiger partial charge in [0.2, 0.25) is 5.82 Å². The van der Waals surface area contributed by atoms with Crippen LogP contribution in [0, 0.1) is 0 Å². The lowest BCUT2D eigenvalue weighted by molar-refractivity contribution is 0.0294. The van der Waals surface area contributed by atoms with E-state index in [1.54, 1.807) is 4.90 Å². The molecule has 1 aliphatic heterocycles. The molecule has 1 aromatic carbocycles. The second kappa shape index (κ2) is 6.26. The van der Waals surface area contributed by atoms with Crippen molar-refractivity contribution in [2.24, 2.45) is 0 Å². The number of benzene rings is 1. The Bertz CT molecular complexity index is 883. The zero-order valence-electron chi connectivity index (χ0n) is 13.0. The van der Waals surface area contributed by atoms with E-state index in [9.17, 15) is 4.79 Å².